The molecule has 0 saturated carbocycles. The maximum absolute atomic E-state index is 11.6. The lowest BCUT2D eigenvalue weighted by atomic mass is 10.1. The second-order valence-electron chi connectivity index (χ2n) is 5.56. The predicted octanol–water partition coefficient (Wildman–Crippen LogP) is 3.52. The fraction of sp³-hybridized carbons (Fsp3) is 0.312. The molecule has 6 nitrogen and oxygen atoms in total. The molecule has 122 valence electrons. The van der Waals surface area contributed by atoms with Gasteiger partial charge in [0.25, 0.3) is 0 Å². The van der Waals surface area contributed by atoms with Gasteiger partial charge >= 0.3 is 5.97 Å². The zero-order valence-corrected chi connectivity index (χ0v) is 14.3. The molecule has 3 aromatic rings. The molecule has 23 heavy (non-hydrogen) atoms. The number of hydrogen-bond donors (Lipinski definition) is 1. The van der Waals surface area contributed by atoms with E-state index in [1.807, 2.05) is 23.9 Å². The van der Waals surface area contributed by atoms with Gasteiger partial charge in [-0.25, -0.2) is 9.78 Å². The summed E-state index contributed by atoms with van der Waals surface area (Å²) < 4.78 is 6.63. The number of esters is 1. The molecule has 3 rings (SSSR count). The molecule has 7 heteroatoms. The molecule has 0 unspecified atom stereocenters. The van der Waals surface area contributed by atoms with Gasteiger partial charge < -0.3 is 9.72 Å². The van der Waals surface area contributed by atoms with Gasteiger partial charge in [0, 0.05) is 23.2 Å². The lowest BCUT2D eigenvalue weighted by molar-refractivity contribution is 0.0595. The van der Waals surface area contributed by atoms with E-state index < -0.39 is 5.97 Å². The summed E-state index contributed by atoms with van der Waals surface area (Å²) in [5.41, 5.74) is 3.91. The number of halogens is 1. The molecule has 0 saturated heterocycles. The number of methoxy groups -OCH3 is 1. The summed E-state index contributed by atoms with van der Waals surface area (Å²) in [4.78, 5) is 19.2. The average Bonchev–Trinajstić information content (AvgIpc) is 3.13. The van der Waals surface area contributed by atoms with E-state index in [0.29, 0.717) is 17.4 Å². The van der Waals surface area contributed by atoms with E-state index in [9.17, 15) is 4.79 Å². The van der Waals surface area contributed by atoms with Gasteiger partial charge in [-0.1, -0.05) is 0 Å². The van der Waals surface area contributed by atoms with Crippen LogP contribution in [-0.4, -0.2) is 32.8 Å². The van der Waals surface area contributed by atoms with Crippen LogP contribution in [0, 0.1) is 6.92 Å². The van der Waals surface area contributed by atoms with Crippen LogP contribution in [0.4, 0.5) is 0 Å². The van der Waals surface area contributed by atoms with Crippen LogP contribution in [0.5, 0.6) is 0 Å². The minimum Gasteiger partial charge on any atom is -0.464 e. The molecule has 0 atom stereocenters. The van der Waals surface area contributed by atoms with Crippen molar-refractivity contribution in [2.24, 2.45) is 0 Å². The zero-order chi connectivity index (χ0) is 15.9. The number of ether oxygens (including phenoxy) is 1. The molecular weight excluding hydrogens is 316 g/mol. The summed E-state index contributed by atoms with van der Waals surface area (Å²) in [6, 6.07) is 4.07. The number of H-pyrrole nitrogens is 1. The van der Waals surface area contributed by atoms with E-state index in [4.69, 9.17) is 4.74 Å². The average molecular weight is 335 g/mol. The molecule has 3 aromatic heterocycles. The molecule has 0 amide bonds. The maximum Gasteiger partial charge on any atom is 0.354 e. The van der Waals surface area contributed by atoms with Crippen molar-refractivity contribution in [2.45, 2.75) is 26.8 Å². The van der Waals surface area contributed by atoms with Gasteiger partial charge in [-0.2, -0.15) is 5.10 Å². The maximum atomic E-state index is 11.6. The topological polar surface area (TPSA) is 72.8 Å². The van der Waals surface area contributed by atoms with E-state index in [1.165, 1.54) is 7.11 Å². The largest absolute Gasteiger partial charge is 0.464 e. The van der Waals surface area contributed by atoms with Gasteiger partial charge in [-0.05, 0) is 38.5 Å². The van der Waals surface area contributed by atoms with E-state index in [0.717, 1.165) is 22.2 Å². The zero-order valence-electron chi connectivity index (χ0n) is 13.5. The van der Waals surface area contributed by atoms with Gasteiger partial charge in [0.15, 0.2) is 0 Å². The van der Waals surface area contributed by atoms with Crippen molar-refractivity contribution < 1.29 is 9.53 Å². The summed E-state index contributed by atoms with van der Waals surface area (Å²) in [5, 5.41) is 5.26. The van der Waals surface area contributed by atoms with E-state index >= 15 is 0 Å². The van der Waals surface area contributed by atoms with Crippen molar-refractivity contribution in [2.75, 3.05) is 7.11 Å². The van der Waals surface area contributed by atoms with Crippen LogP contribution < -0.4 is 0 Å². The summed E-state index contributed by atoms with van der Waals surface area (Å²) in [6.07, 6.45) is 3.78. The minimum absolute atomic E-state index is 0. The highest BCUT2D eigenvalue weighted by atomic mass is 35.5. The Morgan fingerprint density at radius 1 is 1.35 bits per heavy atom. The van der Waals surface area contributed by atoms with Crippen LogP contribution in [0.3, 0.4) is 0 Å². The number of pyridine rings is 1. The smallest absolute Gasteiger partial charge is 0.354 e. The number of aromatic amines is 1. The van der Waals surface area contributed by atoms with Crippen molar-refractivity contribution in [3.63, 3.8) is 0 Å². The predicted molar refractivity (Wildman–Crippen MR) is 91.0 cm³/mol. The molecule has 0 aliphatic carbocycles. The van der Waals surface area contributed by atoms with Gasteiger partial charge in [0.05, 0.1) is 19.0 Å². The van der Waals surface area contributed by atoms with Crippen LogP contribution in [0.2, 0.25) is 0 Å². The molecule has 0 aliphatic rings. The quantitative estimate of drug-likeness (QED) is 0.744. The molecule has 1 N–H and O–H groups in total. The summed E-state index contributed by atoms with van der Waals surface area (Å²) >= 11 is 0. The highest BCUT2D eigenvalue weighted by Gasteiger charge is 2.14. The molecular formula is C16H19ClN4O2. The Bertz CT molecular complexity index is 851. The van der Waals surface area contributed by atoms with Crippen molar-refractivity contribution >= 4 is 29.4 Å². The first-order valence-electron chi connectivity index (χ1n) is 7.13. The fourth-order valence-electron chi connectivity index (χ4n) is 2.39. The fourth-order valence-corrected chi connectivity index (χ4v) is 2.39. The second kappa shape index (κ2) is 6.42. The molecule has 0 bridgehead atoms. The number of hydrogen-bond acceptors (Lipinski definition) is 4. The normalized spacial score (nSPS) is 10.8. The number of aryl methyl sites for hydroxylation is 1. The molecule has 0 aromatic carbocycles. The third-order valence-corrected chi connectivity index (χ3v) is 3.64. The van der Waals surface area contributed by atoms with E-state index in [2.05, 4.69) is 28.9 Å². The first-order chi connectivity index (χ1) is 10.5. The number of carbonyl (C=O) groups is 1. The summed E-state index contributed by atoms with van der Waals surface area (Å²) in [7, 11) is 1.36. The van der Waals surface area contributed by atoms with Crippen molar-refractivity contribution in [3.8, 4) is 11.3 Å². The van der Waals surface area contributed by atoms with Crippen LogP contribution in [0.25, 0.3) is 22.3 Å². The van der Waals surface area contributed by atoms with Gasteiger partial charge in [-0.15, -0.1) is 12.4 Å². The second-order valence-corrected chi connectivity index (χ2v) is 5.56. The Morgan fingerprint density at radius 2 is 2.09 bits per heavy atom. The Kier molecular flexibility index (Phi) is 4.75. The van der Waals surface area contributed by atoms with Crippen LogP contribution in [0.15, 0.2) is 24.5 Å². The minimum atomic E-state index is -0.397. The van der Waals surface area contributed by atoms with Gasteiger partial charge in [0.2, 0.25) is 0 Å². The summed E-state index contributed by atoms with van der Waals surface area (Å²) in [6.45, 7) is 6.15. The number of nitrogens with zero attached hydrogens (tertiary/aromatic N) is 3. The van der Waals surface area contributed by atoms with Crippen LogP contribution in [-0.2, 0) is 4.74 Å². The standard InChI is InChI=1S/C16H18N4O2.ClH/c1-9(2)20-8-11(7-17-20)13-5-10(3)12-6-14(16(21)22-4)19-15(12)18-13;/h5-9H,1-4H3,(H,18,19);1H. The van der Waals surface area contributed by atoms with Crippen molar-refractivity contribution in [3.05, 3.63) is 35.8 Å². The Balaban J connectivity index is 0.00000192. The first-order valence-corrected chi connectivity index (χ1v) is 7.13. The number of rotatable bonds is 3. The third-order valence-electron chi connectivity index (χ3n) is 3.64. The SMILES string of the molecule is COC(=O)c1cc2c(C)cc(-c3cnn(C(C)C)c3)nc2[nH]1.Cl. The van der Waals surface area contributed by atoms with Gasteiger partial charge in [-0.3, -0.25) is 4.68 Å². The number of nitrogens with one attached hydrogen (secondary N) is 1. The monoisotopic (exact) mass is 334 g/mol. The highest BCUT2D eigenvalue weighted by Crippen LogP contribution is 2.25. The van der Waals surface area contributed by atoms with Crippen LogP contribution in [0.1, 0.15) is 35.9 Å². The molecule has 0 radical (unpaired) electrons. The van der Waals surface area contributed by atoms with E-state index in [1.54, 1.807) is 12.3 Å². The molecule has 0 fully saturated rings. The molecule has 0 aliphatic heterocycles. The number of carbonyl (C=O) groups excluding carboxylic acids is 1. The van der Waals surface area contributed by atoms with Crippen molar-refractivity contribution in [1.82, 2.24) is 19.7 Å². The highest BCUT2D eigenvalue weighted by molar-refractivity contribution is 5.95. The third kappa shape index (κ3) is 3.07. The van der Waals surface area contributed by atoms with Crippen LogP contribution >= 0.6 is 12.4 Å². The Morgan fingerprint density at radius 3 is 2.70 bits per heavy atom. The Labute approximate surface area is 140 Å². The summed E-state index contributed by atoms with van der Waals surface area (Å²) in [5.74, 6) is -0.397. The molecule has 0 spiro atoms. The van der Waals surface area contributed by atoms with Gasteiger partial charge in [0.1, 0.15) is 11.3 Å². The van der Waals surface area contributed by atoms with Crippen molar-refractivity contribution in [1.29, 1.82) is 0 Å². The lowest BCUT2D eigenvalue weighted by Gasteiger charge is -2.03. The van der Waals surface area contributed by atoms with E-state index in [-0.39, 0.29) is 12.4 Å². The first kappa shape index (κ1) is 17.0. The lowest BCUT2D eigenvalue weighted by Crippen LogP contribution is -2.00. The Hall–Kier alpha value is -2.34. The number of fused-ring (bicyclic) bond motifs is 1. The number of aromatic nitrogens is 4. The molecule has 3 heterocycles.